The molecule has 1 aliphatic heterocycles. The first-order valence-corrected chi connectivity index (χ1v) is 9.84. The fourth-order valence-corrected chi connectivity index (χ4v) is 3.99. The molecule has 0 unspecified atom stereocenters. The summed E-state index contributed by atoms with van der Waals surface area (Å²) in [5.74, 6) is -0.669. The molecular weight excluding hydrogens is 367 g/mol. The van der Waals surface area contributed by atoms with Crippen LogP contribution in [0.25, 0.3) is 0 Å². The summed E-state index contributed by atoms with van der Waals surface area (Å²) < 4.78 is 18.8. The zero-order chi connectivity index (χ0) is 19.4. The van der Waals surface area contributed by atoms with Gasteiger partial charge >= 0.3 is 0 Å². The zero-order valence-corrected chi connectivity index (χ0v) is 16.2. The maximum atomic E-state index is 13.9. The minimum absolute atomic E-state index is 0.0206. The summed E-state index contributed by atoms with van der Waals surface area (Å²) in [5, 5.41) is 4.82. The van der Waals surface area contributed by atoms with Gasteiger partial charge in [0.2, 0.25) is 5.91 Å². The second kappa shape index (κ2) is 8.52. The topological polar surface area (TPSA) is 58.6 Å². The summed E-state index contributed by atoms with van der Waals surface area (Å²) in [6.45, 7) is 2.89. The van der Waals surface area contributed by atoms with Crippen molar-refractivity contribution in [3.8, 4) is 5.75 Å². The fourth-order valence-electron chi connectivity index (χ4n) is 3.30. The predicted octanol–water partition coefficient (Wildman–Crippen LogP) is 3.63. The number of nitrogens with zero attached hydrogens (tertiary/aromatic N) is 1. The summed E-state index contributed by atoms with van der Waals surface area (Å²) >= 11 is 1.41. The molecule has 2 aromatic rings. The molecule has 2 atom stereocenters. The number of amides is 2. The van der Waals surface area contributed by atoms with Gasteiger partial charge in [0.15, 0.2) is 11.6 Å². The predicted molar refractivity (Wildman–Crippen MR) is 102 cm³/mol. The maximum absolute atomic E-state index is 13.9. The highest BCUT2D eigenvalue weighted by atomic mass is 32.1. The molecule has 144 valence electrons. The highest BCUT2D eigenvalue weighted by Gasteiger charge is 2.30. The molecule has 1 aromatic heterocycles. The van der Waals surface area contributed by atoms with Gasteiger partial charge in [-0.25, -0.2) is 4.39 Å². The Bertz CT molecular complexity index is 810. The lowest BCUT2D eigenvalue weighted by Gasteiger charge is -2.32. The monoisotopic (exact) mass is 390 g/mol. The van der Waals surface area contributed by atoms with Crippen LogP contribution in [0.1, 0.15) is 41.0 Å². The summed E-state index contributed by atoms with van der Waals surface area (Å²) in [6.07, 6.45) is 1.53. The lowest BCUT2D eigenvalue weighted by Crippen LogP contribution is -2.45. The molecule has 5 nitrogen and oxygen atoms in total. The van der Waals surface area contributed by atoms with Crippen LogP contribution in [0.3, 0.4) is 0 Å². The highest BCUT2D eigenvalue weighted by molar-refractivity contribution is 7.12. The quantitative estimate of drug-likeness (QED) is 0.848. The van der Waals surface area contributed by atoms with E-state index in [1.165, 1.54) is 24.5 Å². The van der Waals surface area contributed by atoms with Crippen LogP contribution in [-0.2, 0) is 4.79 Å². The summed E-state index contributed by atoms with van der Waals surface area (Å²) in [6, 6.07) is 7.98. The number of methoxy groups -OCH3 is 1. The van der Waals surface area contributed by atoms with Gasteiger partial charge in [-0.3, -0.25) is 9.59 Å². The van der Waals surface area contributed by atoms with E-state index in [0.29, 0.717) is 23.5 Å². The largest absolute Gasteiger partial charge is 0.494 e. The number of carbonyl (C=O) groups excluding carboxylic acids is 2. The minimum atomic E-state index is -0.457. The molecule has 2 amide bonds. The van der Waals surface area contributed by atoms with Crippen molar-refractivity contribution in [3.63, 3.8) is 0 Å². The molecule has 0 radical (unpaired) electrons. The van der Waals surface area contributed by atoms with Gasteiger partial charge in [-0.1, -0.05) is 12.1 Å². The highest BCUT2D eigenvalue weighted by Crippen LogP contribution is 2.24. The average Bonchev–Trinajstić information content (AvgIpc) is 3.22. The third kappa shape index (κ3) is 4.47. The third-order valence-corrected chi connectivity index (χ3v) is 5.70. The van der Waals surface area contributed by atoms with E-state index in [9.17, 15) is 14.0 Å². The SMILES string of the molecule is COc1ccc([C@@H](C)NC(=O)[C@H]2CCCN(C(=O)c3cccs3)C2)cc1F. The van der Waals surface area contributed by atoms with Gasteiger partial charge in [0.25, 0.3) is 5.91 Å². The van der Waals surface area contributed by atoms with Crippen molar-refractivity contribution in [2.45, 2.75) is 25.8 Å². The number of hydrogen-bond donors (Lipinski definition) is 1. The molecule has 7 heteroatoms. The second-order valence-electron chi connectivity index (χ2n) is 6.69. The number of piperidine rings is 1. The number of rotatable bonds is 5. The van der Waals surface area contributed by atoms with Gasteiger partial charge in [-0.2, -0.15) is 0 Å². The van der Waals surface area contributed by atoms with Crippen LogP contribution in [0.4, 0.5) is 4.39 Å². The Kier molecular flexibility index (Phi) is 6.11. The maximum Gasteiger partial charge on any atom is 0.263 e. The molecule has 1 fully saturated rings. The number of carbonyl (C=O) groups is 2. The molecule has 0 bridgehead atoms. The van der Waals surface area contributed by atoms with Crippen molar-refractivity contribution < 1.29 is 18.7 Å². The number of likely N-dealkylation sites (tertiary alicyclic amines) is 1. The molecule has 27 heavy (non-hydrogen) atoms. The Morgan fingerprint density at radius 1 is 1.37 bits per heavy atom. The molecule has 1 saturated heterocycles. The van der Waals surface area contributed by atoms with E-state index in [2.05, 4.69) is 5.32 Å². The van der Waals surface area contributed by atoms with Crippen LogP contribution in [0.15, 0.2) is 35.7 Å². The van der Waals surface area contributed by atoms with Crippen LogP contribution < -0.4 is 10.1 Å². The van der Waals surface area contributed by atoms with Crippen LogP contribution in [0.2, 0.25) is 0 Å². The lowest BCUT2D eigenvalue weighted by atomic mass is 9.96. The Morgan fingerprint density at radius 2 is 2.19 bits per heavy atom. The Balaban J connectivity index is 1.61. The Morgan fingerprint density at radius 3 is 2.85 bits per heavy atom. The first-order valence-electron chi connectivity index (χ1n) is 8.96. The van der Waals surface area contributed by atoms with Crippen LogP contribution in [0.5, 0.6) is 5.75 Å². The molecule has 1 aliphatic rings. The second-order valence-corrected chi connectivity index (χ2v) is 7.64. The number of thiophene rings is 1. The third-order valence-electron chi connectivity index (χ3n) is 4.85. The lowest BCUT2D eigenvalue weighted by molar-refractivity contribution is -0.127. The number of halogens is 1. The van der Waals surface area contributed by atoms with Crippen molar-refractivity contribution in [1.82, 2.24) is 10.2 Å². The molecule has 3 rings (SSSR count). The van der Waals surface area contributed by atoms with Gasteiger partial charge < -0.3 is 15.0 Å². The van der Waals surface area contributed by atoms with Gasteiger partial charge in [0, 0.05) is 13.1 Å². The van der Waals surface area contributed by atoms with Crippen molar-refractivity contribution in [2.24, 2.45) is 5.92 Å². The van der Waals surface area contributed by atoms with Crippen LogP contribution >= 0.6 is 11.3 Å². The van der Waals surface area contributed by atoms with E-state index in [1.807, 2.05) is 18.4 Å². The average molecular weight is 390 g/mol. The van der Waals surface area contributed by atoms with Gasteiger partial charge in [0.1, 0.15) is 0 Å². The summed E-state index contributed by atoms with van der Waals surface area (Å²) in [5.41, 5.74) is 0.670. The van der Waals surface area contributed by atoms with E-state index < -0.39 is 5.82 Å². The minimum Gasteiger partial charge on any atom is -0.494 e. The smallest absolute Gasteiger partial charge is 0.263 e. The van der Waals surface area contributed by atoms with Crippen LogP contribution in [0, 0.1) is 11.7 Å². The first kappa shape index (κ1) is 19.4. The summed E-state index contributed by atoms with van der Waals surface area (Å²) in [7, 11) is 1.41. The van der Waals surface area contributed by atoms with E-state index in [4.69, 9.17) is 4.74 Å². The fraction of sp³-hybridized carbons (Fsp3) is 0.400. The zero-order valence-electron chi connectivity index (χ0n) is 15.4. The molecule has 1 N–H and O–H groups in total. The number of benzene rings is 1. The number of ether oxygens (including phenoxy) is 1. The number of hydrogen-bond acceptors (Lipinski definition) is 4. The molecule has 2 heterocycles. The first-order chi connectivity index (χ1) is 13.0. The Hall–Kier alpha value is -2.41. The van der Waals surface area contributed by atoms with E-state index in [1.54, 1.807) is 23.1 Å². The molecular formula is C20H23FN2O3S. The Labute approximate surface area is 162 Å². The van der Waals surface area contributed by atoms with Gasteiger partial charge in [-0.05, 0) is 48.9 Å². The standard InChI is InChI=1S/C20H23FN2O3S/c1-13(14-7-8-17(26-2)16(21)11-14)22-19(24)15-5-3-9-23(12-15)20(25)18-6-4-10-27-18/h4,6-8,10-11,13,15H,3,5,9,12H2,1-2H3,(H,22,24)/t13-,15+/m1/s1. The number of nitrogens with one attached hydrogen (secondary N) is 1. The van der Waals surface area contributed by atoms with E-state index in [0.717, 1.165) is 12.8 Å². The molecule has 0 spiro atoms. The normalized spacial score (nSPS) is 18.0. The van der Waals surface area contributed by atoms with Gasteiger partial charge in [0.05, 0.1) is 23.9 Å². The van der Waals surface area contributed by atoms with E-state index >= 15 is 0 Å². The van der Waals surface area contributed by atoms with Gasteiger partial charge in [-0.15, -0.1) is 11.3 Å². The molecule has 0 saturated carbocycles. The van der Waals surface area contributed by atoms with Crippen molar-refractivity contribution >= 4 is 23.2 Å². The van der Waals surface area contributed by atoms with Crippen molar-refractivity contribution in [1.29, 1.82) is 0 Å². The summed E-state index contributed by atoms with van der Waals surface area (Å²) in [4.78, 5) is 27.6. The van der Waals surface area contributed by atoms with E-state index in [-0.39, 0.29) is 29.5 Å². The molecule has 0 aliphatic carbocycles. The molecule has 1 aromatic carbocycles. The van der Waals surface area contributed by atoms with Crippen molar-refractivity contribution in [3.05, 3.63) is 52.0 Å². The van der Waals surface area contributed by atoms with Crippen LogP contribution in [-0.4, -0.2) is 36.9 Å². The van der Waals surface area contributed by atoms with Crippen molar-refractivity contribution in [2.75, 3.05) is 20.2 Å².